The Morgan fingerprint density at radius 2 is 1.86 bits per heavy atom. The van der Waals surface area contributed by atoms with Crippen molar-refractivity contribution in [3.8, 4) is 5.75 Å². The number of likely N-dealkylation sites (tertiary alicyclic amines) is 1. The van der Waals surface area contributed by atoms with Crippen LogP contribution < -0.4 is 10.5 Å². The summed E-state index contributed by atoms with van der Waals surface area (Å²) < 4.78 is 21.5. The van der Waals surface area contributed by atoms with Gasteiger partial charge < -0.3 is 20.3 Å². The zero-order valence-electron chi connectivity index (χ0n) is 24.2. The van der Waals surface area contributed by atoms with Crippen molar-refractivity contribution < 1.29 is 18.7 Å². The van der Waals surface area contributed by atoms with Gasteiger partial charge in [-0.3, -0.25) is 14.0 Å². The fourth-order valence-electron chi connectivity index (χ4n) is 5.18. The molecule has 0 bridgehead atoms. The molecule has 5 rings (SSSR count). The van der Waals surface area contributed by atoms with E-state index in [4.69, 9.17) is 10.5 Å². The molecule has 1 aliphatic rings. The number of nitrogens with two attached hydrogens (primary N) is 1. The molecule has 9 nitrogen and oxygen atoms in total. The number of fused-ring (bicyclic) bond motifs is 1. The van der Waals surface area contributed by atoms with Gasteiger partial charge in [-0.15, -0.1) is 0 Å². The monoisotopic (exact) mass is 572 g/mol. The maximum Gasteiger partial charge on any atom is 0.274 e. The summed E-state index contributed by atoms with van der Waals surface area (Å²) in [5.74, 6) is 0.377. The van der Waals surface area contributed by atoms with E-state index in [1.807, 2.05) is 51.1 Å². The van der Waals surface area contributed by atoms with Gasteiger partial charge in [-0.2, -0.15) is 0 Å². The average Bonchev–Trinajstić information content (AvgIpc) is 3.59. The second-order valence-corrected chi connectivity index (χ2v) is 11.9. The van der Waals surface area contributed by atoms with Crippen LogP contribution in [0.4, 0.5) is 4.39 Å². The van der Waals surface area contributed by atoms with Crippen molar-refractivity contribution in [2.24, 2.45) is 11.1 Å². The lowest BCUT2D eigenvalue weighted by Gasteiger charge is -2.35. The molecule has 1 aliphatic heterocycles. The van der Waals surface area contributed by atoms with Crippen LogP contribution in [0.3, 0.4) is 0 Å². The first-order valence-corrected chi connectivity index (χ1v) is 14.2. The fraction of sp³-hybridized carbons (Fsp3) is 0.375. The summed E-state index contributed by atoms with van der Waals surface area (Å²) >= 11 is 0. The van der Waals surface area contributed by atoms with Crippen molar-refractivity contribution in [1.82, 2.24) is 24.2 Å². The summed E-state index contributed by atoms with van der Waals surface area (Å²) in [6, 6.07) is 16.5. The Hall–Kier alpha value is -4.31. The van der Waals surface area contributed by atoms with Crippen LogP contribution in [0.5, 0.6) is 5.75 Å². The highest BCUT2D eigenvalue weighted by Gasteiger charge is 2.42. The van der Waals surface area contributed by atoms with E-state index in [2.05, 4.69) is 9.97 Å². The Kier molecular flexibility index (Phi) is 8.54. The van der Waals surface area contributed by atoms with Gasteiger partial charge in [-0.1, -0.05) is 51.1 Å². The van der Waals surface area contributed by atoms with Crippen LogP contribution in [0.15, 0.2) is 79.3 Å². The Morgan fingerprint density at radius 3 is 2.55 bits per heavy atom. The van der Waals surface area contributed by atoms with Crippen molar-refractivity contribution >= 4 is 17.6 Å². The number of rotatable bonds is 9. The second kappa shape index (κ2) is 12.3. The molecule has 3 heterocycles. The number of aromatic nitrogens is 3. The molecule has 2 aromatic carbocycles. The molecule has 42 heavy (non-hydrogen) atoms. The predicted molar refractivity (Wildman–Crippen MR) is 157 cm³/mol. The van der Waals surface area contributed by atoms with Gasteiger partial charge in [0.1, 0.15) is 23.4 Å². The third-order valence-electron chi connectivity index (χ3n) is 7.66. The average molecular weight is 573 g/mol. The van der Waals surface area contributed by atoms with E-state index < -0.39 is 11.5 Å². The maximum atomic E-state index is 13.9. The summed E-state index contributed by atoms with van der Waals surface area (Å²) in [5, 5.41) is 0. The van der Waals surface area contributed by atoms with Crippen molar-refractivity contribution in [2.45, 2.75) is 51.8 Å². The summed E-state index contributed by atoms with van der Waals surface area (Å²) in [6.45, 7) is 6.79. The van der Waals surface area contributed by atoms with Gasteiger partial charge in [0, 0.05) is 38.1 Å². The zero-order valence-corrected chi connectivity index (χ0v) is 24.2. The van der Waals surface area contributed by atoms with E-state index in [-0.39, 0.29) is 42.0 Å². The van der Waals surface area contributed by atoms with E-state index >= 15 is 0 Å². The number of halogens is 1. The molecule has 0 saturated carbocycles. The smallest absolute Gasteiger partial charge is 0.274 e. The Labute approximate surface area is 245 Å². The van der Waals surface area contributed by atoms with Gasteiger partial charge in [0.05, 0.1) is 18.6 Å². The molecule has 1 fully saturated rings. The van der Waals surface area contributed by atoms with Gasteiger partial charge >= 0.3 is 0 Å². The zero-order chi connectivity index (χ0) is 29.9. The van der Waals surface area contributed by atoms with Gasteiger partial charge in [-0.25, -0.2) is 14.4 Å². The van der Waals surface area contributed by atoms with Crippen LogP contribution in [-0.4, -0.2) is 73.8 Å². The van der Waals surface area contributed by atoms with Gasteiger partial charge in [0.25, 0.3) is 5.91 Å². The lowest BCUT2D eigenvalue weighted by atomic mass is 9.86. The Bertz CT molecular complexity index is 1490. The summed E-state index contributed by atoms with van der Waals surface area (Å²) in [5.41, 5.74) is 7.15. The Balaban J connectivity index is 1.42. The molecule has 3 atom stereocenters. The first-order valence-electron chi connectivity index (χ1n) is 14.2. The van der Waals surface area contributed by atoms with Crippen LogP contribution in [0.1, 0.15) is 43.2 Å². The van der Waals surface area contributed by atoms with E-state index in [1.165, 1.54) is 12.1 Å². The van der Waals surface area contributed by atoms with E-state index in [1.54, 1.807) is 51.0 Å². The van der Waals surface area contributed by atoms with E-state index in [0.29, 0.717) is 31.7 Å². The van der Waals surface area contributed by atoms with Gasteiger partial charge in [0.2, 0.25) is 11.7 Å². The quantitative estimate of drug-likeness (QED) is 0.325. The van der Waals surface area contributed by atoms with Crippen molar-refractivity contribution in [2.75, 3.05) is 19.6 Å². The number of benzene rings is 2. The number of nitrogens with zero attached hydrogens (tertiary/aromatic N) is 5. The molecular formula is C32H37FN6O3. The van der Waals surface area contributed by atoms with Gasteiger partial charge in [0.15, 0.2) is 0 Å². The summed E-state index contributed by atoms with van der Waals surface area (Å²) in [7, 11) is 0. The molecule has 2 aromatic heterocycles. The first kappa shape index (κ1) is 29.2. The molecule has 220 valence electrons. The number of carbonyl (C=O) groups excluding carboxylic acids is 2. The normalized spacial score (nSPS) is 17.8. The van der Waals surface area contributed by atoms with E-state index in [0.717, 1.165) is 11.3 Å². The van der Waals surface area contributed by atoms with Crippen LogP contribution >= 0.6 is 0 Å². The molecule has 4 aromatic rings. The minimum Gasteiger partial charge on any atom is -0.489 e. The molecule has 2 amide bonds. The molecule has 2 N–H and O–H groups in total. The molecular weight excluding hydrogens is 535 g/mol. The molecule has 0 aliphatic carbocycles. The highest BCUT2D eigenvalue weighted by Crippen LogP contribution is 2.28. The topological polar surface area (TPSA) is 106 Å². The van der Waals surface area contributed by atoms with Crippen LogP contribution in [0.25, 0.3) is 5.78 Å². The SMILES string of the molecule is CC(C)(C)[C@H](N)C(=O)N1C[C@@H](Oc2ccccc2)C[C@H]1CN(CCc1ccc(F)cc1)C(=O)c1cn2cccnc2n1. The molecule has 0 radical (unpaired) electrons. The number of hydrogen-bond acceptors (Lipinski definition) is 6. The summed E-state index contributed by atoms with van der Waals surface area (Å²) in [4.78, 5) is 39.8. The van der Waals surface area contributed by atoms with Crippen LogP contribution in [-0.2, 0) is 11.2 Å². The standard InChI is InChI=1S/C32H37FN6O3/c1-32(2,3)28(34)30(41)39-20-26(42-25-8-5-4-6-9-25)18-24(39)19-37(17-14-22-10-12-23(33)13-11-22)29(40)27-21-38-16-7-15-35-31(38)36-27/h4-13,15-16,21,24,26,28H,14,17-20,34H2,1-3H3/t24-,26-,28+/m0/s1. The number of imidazole rings is 1. The number of para-hydroxylation sites is 1. The lowest BCUT2D eigenvalue weighted by molar-refractivity contribution is -0.136. The molecule has 0 unspecified atom stereocenters. The molecule has 0 spiro atoms. The maximum absolute atomic E-state index is 13.9. The third-order valence-corrected chi connectivity index (χ3v) is 7.66. The molecule has 1 saturated heterocycles. The fourth-order valence-corrected chi connectivity index (χ4v) is 5.18. The minimum absolute atomic E-state index is 0.172. The van der Waals surface area contributed by atoms with Crippen LogP contribution in [0.2, 0.25) is 0 Å². The van der Waals surface area contributed by atoms with Gasteiger partial charge in [-0.05, 0) is 47.7 Å². The number of carbonyl (C=O) groups is 2. The number of amides is 2. The van der Waals surface area contributed by atoms with Crippen LogP contribution in [0, 0.1) is 11.2 Å². The van der Waals surface area contributed by atoms with Crippen molar-refractivity contribution in [1.29, 1.82) is 0 Å². The second-order valence-electron chi connectivity index (χ2n) is 11.9. The van der Waals surface area contributed by atoms with Crippen molar-refractivity contribution in [3.63, 3.8) is 0 Å². The Morgan fingerprint density at radius 1 is 1.12 bits per heavy atom. The molecule has 10 heteroatoms. The largest absolute Gasteiger partial charge is 0.489 e. The highest BCUT2D eigenvalue weighted by molar-refractivity contribution is 5.93. The van der Waals surface area contributed by atoms with Crippen molar-refractivity contribution in [3.05, 3.63) is 96.3 Å². The number of ether oxygens (including phenoxy) is 1. The number of hydrogen-bond donors (Lipinski definition) is 1. The predicted octanol–water partition coefficient (Wildman–Crippen LogP) is 3.98. The minimum atomic E-state index is -0.719. The lowest BCUT2D eigenvalue weighted by Crippen LogP contribution is -2.54. The third kappa shape index (κ3) is 6.76. The summed E-state index contributed by atoms with van der Waals surface area (Å²) in [6.07, 6.45) is 5.84. The first-order chi connectivity index (χ1) is 20.1. The highest BCUT2D eigenvalue weighted by atomic mass is 19.1. The van der Waals surface area contributed by atoms with E-state index in [9.17, 15) is 14.0 Å².